The number of H-pyrrole nitrogens is 2. The van der Waals surface area contributed by atoms with Gasteiger partial charge in [0.25, 0.3) is 5.56 Å². The molecule has 1 aliphatic carbocycles. The van der Waals surface area contributed by atoms with Crippen LogP contribution in [-0.4, -0.2) is 16.0 Å². The molecule has 2 aromatic rings. The van der Waals surface area contributed by atoms with E-state index in [4.69, 9.17) is 0 Å². The SMILES string of the molecule is CC1(C)CC(=O)C2=C(C1)Nc1[nH][nH]c(=O)c1[C@@H]2c1cccc(Br)c1. The van der Waals surface area contributed by atoms with Gasteiger partial charge in [0.15, 0.2) is 5.78 Å². The molecule has 124 valence electrons. The standard InChI is InChI=1S/C18H18BrN3O2/c1-18(2)7-11-14(12(23)8-18)13(9-4-3-5-10(19)6-9)15-16(20-11)21-22-17(15)24/h3-6,13H,7-8H2,1-2H3,(H3,20,21,22,24)/t13-/m1/s1. The number of hydrogen-bond acceptors (Lipinski definition) is 3. The predicted octanol–water partition coefficient (Wildman–Crippen LogP) is 3.67. The van der Waals surface area contributed by atoms with E-state index in [9.17, 15) is 9.59 Å². The van der Waals surface area contributed by atoms with Crippen LogP contribution in [0.2, 0.25) is 0 Å². The van der Waals surface area contributed by atoms with Crippen molar-refractivity contribution in [1.29, 1.82) is 0 Å². The van der Waals surface area contributed by atoms with Gasteiger partial charge in [-0.3, -0.25) is 19.8 Å². The minimum absolute atomic E-state index is 0.0845. The Morgan fingerprint density at radius 1 is 1.17 bits per heavy atom. The van der Waals surface area contributed by atoms with Crippen molar-refractivity contribution in [2.75, 3.05) is 5.32 Å². The molecule has 0 saturated carbocycles. The maximum absolute atomic E-state index is 12.9. The number of carbonyl (C=O) groups excluding carboxylic acids is 1. The van der Waals surface area contributed by atoms with Crippen molar-refractivity contribution >= 4 is 27.5 Å². The van der Waals surface area contributed by atoms with E-state index >= 15 is 0 Å². The molecule has 1 atom stereocenters. The number of benzene rings is 1. The van der Waals surface area contributed by atoms with Crippen LogP contribution in [0.4, 0.5) is 5.82 Å². The molecule has 6 heteroatoms. The zero-order valence-corrected chi connectivity index (χ0v) is 15.1. The van der Waals surface area contributed by atoms with Gasteiger partial charge in [-0.05, 0) is 29.5 Å². The third-order valence-electron chi connectivity index (χ3n) is 4.77. The Hall–Kier alpha value is -2.08. The lowest BCUT2D eigenvalue weighted by molar-refractivity contribution is -0.118. The number of fused-ring (bicyclic) bond motifs is 1. The molecule has 3 N–H and O–H groups in total. The van der Waals surface area contributed by atoms with Crippen molar-refractivity contribution < 1.29 is 4.79 Å². The van der Waals surface area contributed by atoms with Gasteiger partial charge in [0.2, 0.25) is 0 Å². The molecular formula is C18H18BrN3O2. The van der Waals surface area contributed by atoms with E-state index in [0.29, 0.717) is 17.8 Å². The van der Waals surface area contributed by atoms with Crippen LogP contribution in [0.15, 0.2) is 44.8 Å². The summed E-state index contributed by atoms with van der Waals surface area (Å²) in [4.78, 5) is 25.3. The molecule has 2 heterocycles. The quantitative estimate of drug-likeness (QED) is 0.698. The van der Waals surface area contributed by atoms with Gasteiger partial charge in [-0.15, -0.1) is 0 Å². The molecule has 0 unspecified atom stereocenters. The molecule has 0 spiro atoms. The molecular weight excluding hydrogens is 370 g/mol. The molecule has 0 bridgehead atoms. The van der Waals surface area contributed by atoms with Gasteiger partial charge in [0.1, 0.15) is 5.82 Å². The van der Waals surface area contributed by atoms with E-state index in [2.05, 4.69) is 45.3 Å². The largest absolute Gasteiger partial charge is 0.343 e. The molecule has 5 nitrogen and oxygen atoms in total. The molecule has 0 fully saturated rings. The number of allylic oxidation sites excluding steroid dienone is 2. The number of aromatic nitrogens is 2. The Labute approximate surface area is 147 Å². The van der Waals surface area contributed by atoms with E-state index in [-0.39, 0.29) is 22.7 Å². The second-order valence-electron chi connectivity index (χ2n) is 7.31. The Balaban J connectivity index is 1.96. The average Bonchev–Trinajstić information content (AvgIpc) is 2.85. The maximum atomic E-state index is 12.9. The van der Waals surface area contributed by atoms with E-state index in [1.807, 2.05) is 24.3 Å². The van der Waals surface area contributed by atoms with Gasteiger partial charge in [-0.1, -0.05) is 41.9 Å². The first-order chi connectivity index (χ1) is 11.4. The number of nitrogens with one attached hydrogen (secondary N) is 3. The lowest BCUT2D eigenvalue weighted by Gasteiger charge is -2.37. The second-order valence-corrected chi connectivity index (χ2v) is 8.23. The average molecular weight is 388 g/mol. The fourth-order valence-corrected chi connectivity index (χ4v) is 4.25. The number of Topliss-reactive ketones (excluding diaryl/α,β-unsaturated/α-hetero) is 1. The summed E-state index contributed by atoms with van der Waals surface area (Å²) >= 11 is 3.49. The van der Waals surface area contributed by atoms with Crippen LogP contribution in [0.3, 0.4) is 0 Å². The van der Waals surface area contributed by atoms with Crippen LogP contribution in [0.1, 0.15) is 43.7 Å². The number of carbonyl (C=O) groups is 1. The van der Waals surface area contributed by atoms with E-state index < -0.39 is 0 Å². The first-order valence-electron chi connectivity index (χ1n) is 7.95. The minimum Gasteiger partial charge on any atom is -0.343 e. The zero-order chi connectivity index (χ0) is 17.1. The first-order valence-corrected chi connectivity index (χ1v) is 8.74. The van der Waals surface area contributed by atoms with E-state index in [1.54, 1.807) is 0 Å². The van der Waals surface area contributed by atoms with Crippen LogP contribution < -0.4 is 10.9 Å². The Morgan fingerprint density at radius 2 is 1.96 bits per heavy atom. The highest BCUT2D eigenvalue weighted by Gasteiger charge is 2.42. The van der Waals surface area contributed by atoms with Crippen LogP contribution in [0.5, 0.6) is 0 Å². The molecule has 4 rings (SSSR count). The summed E-state index contributed by atoms with van der Waals surface area (Å²) in [7, 11) is 0. The van der Waals surface area contributed by atoms with Crippen molar-refractivity contribution in [1.82, 2.24) is 10.2 Å². The number of ketones is 1. The number of anilines is 1. The molecule has 0 radical (unpaired) electrons. The van der Waals surface area contributed by atoms with E-state index in [0.717, 1.165) is 27.7 Å². The van der Waals surface area contributed by atoms with Gasteiger partial charge in [0, 0.05) is 28.1 Å². The van der Waals surface area contributed by atoms with Gasteiger partial charge in [-0.25, -0.2) is 0 Å². The summed E-state index contributed by atoms with van der Waals surface area (Å²) in [6.45, 7) is 4.19. The lowest BCUT2D eigenvalue weighted by atomic mass is 9.69. The Bertz CT molecular complexity index is 936. The molecule has 0 saturated heterocycles. The molecule has 0 amide bonds. The van der Waals surface area contributed by atoms with Crippen molar-refractivity contribution in [3.63, 3.8) is 0 Å². The second kappa shape index (κ2) is 5.21. The van der Waals surface area contributed by atoms with Crippen molar-refractivity contribution in [2.24, 2.45) is 5.41 Å². The summed E-state index contributed by atoms with van der Waals surface area (Å²) in [5.74, 6) is 0.437. The fourth-order valence-electron chi connectivity index (χ4n) is 3.84. The van der Waals surface area contributed by atoms with Gasteiger partial charge in [-0.2, -0.15) is 0 Å². The highest BCUT2D eigenvalue weighted by molar-refractivity contribution is 9.10. The number of rotatable bonds is 1. The summed E-state index contributed by atoms with van der Waals surface area (Å²) in [5.41, 5.74) is 2.90. The molecule has 1 aromatic carbocycles. The van der Waals surface area contributed by atoms with Crippen molar-refractivity contribution in [3.05, 3.63) is 61.5 Å². The zero-order valence-electron chi connectivity index (χ0n) is 13.5. The minimum atomic E-state index is -0.340. The smallest absolute Gasteiger partial charge is 0.270 e. The molecule has 1 aromatic heterocycles. The van der Waals surface area contributed by atoms with Gasteiger partial charge < -0.3 is 5.32 Å². The summed E-state index contributed by atoms with van der Waals surface area (Å²) in [6.07, 6.45) is 1.28. The summed E-state index contributed by atoms with van der Waals surface area (Å²) in [6, 6.07) is 7.81. The fraction of sp³-hybridized carbons (Fsp3) is 0.333. The Morgan fingerprint density at radius 3 is 2.71 bits per heavy atom. The summed E-state index contributed by atoms with van der Waals surface area (Å²) in [5, 5.41) is 8.84. The van der Waals surface area contributed by atoms with Crippen LogP contribution >= 0.6 is 15.9 Å². The number of aromatic amines is 2. The molecule has 24 heavy (non-hydrogen) atoms. The Kier molecular flexibility index (Phi) is 3.35. The van der Waals surface area contributed by atoms with Crippen molar-refractivity contribution in [3.8, 4) is 0 Å². The summed E-state index contributed by atoms with van der Waals surface area (Å²) < 4.78 is 0.929. The highest BCUT2D eigenvalue weighted by Crippen LogP contribution is 2.47. The topological polar surface area (TPSA) is 77.8 Å². The van der Waals surface area contributed by atoms with Crippen LogP contribution in [-0.2, 0) is 4.79 Å². The van der Waals surface area contributed by atoms with Crippen LogP contribution in [0.25, 0.3) is 0 Å². The maximum Gasteiger partial charge on any atom is 0.270 e. The normalized spacial score (nSPS) is 22.0. The third kappa shape index (κ3) is 2.36. The first kappa shape index (κ1) is 15.4. The molecule has 1 aliphatic heterocycles. The van der Waals surface area contributed by atoms with Crippen molar-refractivity contribution in [2.45, 2.75) is 32.6 Å². The number of hydrogen-bond donors (Lipinski definition) is 3. The predicted molar refractivity (Wildman–Crippen MR) is 96.1 cm³/mol. The lowest BCUT2D eigenvalue weighted by Crippen LogP contribution is -2.34. The highest BCUT2D eigenvalue weighted by atomic mass is 79.9. The van der Waals surface area contributed by atoms with Crippen LogP contribution in [0, 0.1) is 5.41 Å². The van der Waals surface area contributed by atoms with Gasteiger partial charge >= 0.3 is 0 Å². The monoisotopic (exact) mass is 387 g/mol. The number of halogens is 1. The van der Waals surface area contributed by atoms with E-state index in [1.165, 1.54) is 0 Å². The van der Waals surface area contributed by atoms with Gasteiger partial charge in [0.05, 0.1) is 5.56 Å². The third-order valence-corrected chi connectivity index (χ3v) is 5.26. The molecule has 2 aliphatic rings.